The molecule has 0 atom stereocenters. The van der Waals surface area contributed by atoms with Crippen LogP contribution in [0, 0.1) is 0 Å². The van der Waals surface area contributed by atoms with Crippen LogP contribution in [0.2, 0.25) is 5.02 Å². The van der Waals surface area contributed by atoms with E-state index < -0.39 is 0 Å². The van der Waals surface area contributed by atoms with Gasteiger partial charge in [0, 0.05) is 19.3 Å². The molecule has 70 valence electrons. The van der Waals surface area contributed by atoms with Gasteiger partial charge in [0.25, 0.3) is 0 Å². The van der Waals surface area contributed by atoms with E-state index in [1.165, 1.54) is 12.3 Å². The number of carbonyl (C=O) groups is 1. The molecule has 1 heterocycles. The van der Waals surface area contributed by atoms with Gasteiger partial charge in [0.05, 0.1) is 17.3 Å². The Bertz CT molecular complexity index is 361. The summed E-state index contributed by atoms with van der Waals surface area (Å²) in [5, 5.41) is 0.341. The number of halogens is 1. The predicted molar refractivity (Wildman–Crippen MR) is 51.4 cm³/mol. The summed E-state index contributed by atoms with van der Waals surface area (Å²) >= 11 is 5.78. The number of nitrogens with zero attached hydrogens (tertiary/aromatic N) is 1. The lowest BCUT2D eigenvalue weighted by atomic mass is 10.4. The largest absolute Gasteiger partial charge is 0.365 e. The standard InChI is InChI=1S/C8H9ClN2O2/c1-11(2-3-12)7-5-10-8(13)4-6(7)9/h3-5H,2H2,1H3,(H,10,13). The van der Waals surface area contributed by atoms with Gasteiger partial charge in [-0.1, -0.05) is 11.6 Å². The Morgan fingerprint density at radius 2 is 2.38 bits per heavy atom. The molecule has 0 aliphatic heterocycles. The van der Waals surface area contributed by atoms with Crippen LogP contribution in [-0.2, 0) is 4.79 Å². The van der Waals surface area contributed by atoms with Gasteiger partial charge >= 0.3 is 0 Å². The van der Waals surface area contributed by atoms with Crippen molar-refractivity contribution in [1.29, 1.82) is 0 Å². The van der Waals surface area contributed by atoms with E-state index in [1.54, 1.807) is 11.9 Å². The van der Waals surface area contributed by atoms with E-state index in [4.69, 9.17) is 11.6 Å². The van der Waals surface area contributed by atoms with Crippen molar-refractivity contribution < 1.29 is 4.79 Å². The number of nitrogens with one attached hydrogen (secondary N) is 1. The smallest absolute Gasteiger partial charge is 0.249 e. The van der Waals surface area contributed by atoms with Crippen LogP contribution in [-0.4, -0.2) is 24.9 Å². The zero-order chi connectivity index (χ0) is 9.84. The minimum atomic E-state index is -0.256. The van der Waals surface area contributed by atoms with Crippen molar-refractivity contribution in [1.82, 2.24) is 4.98 Å². The van der Waals surface area contributed by atoms with E-state index in [0.29, 0.717) is 10.7 Å². The number of hydrogen-bond donors (Lipinski definition) is 1. The molecule has 0 radical (unpaired) electrons. The van der Waals surface area contributed by atoms with Crippen molar-refractivity contribution in [2.75, 3.05) is 18.5 Å². The molecule has 4 nitrogen and oxygen atoms in total. The van der Waals surface area contributed by atoms with E-state index in [9.17, 15) is 9.59 Å². The van der Waals surface area contributed by atoms with Gasteiger partial charge in [0.2, 0.25) is 5.56 Å². The topological polar surface area (TPSA) is 53.2 Å². The number of aromatic nitrogens is 1. The van der Waals surface area contributed by atoms with Gasteiger partial charge in [0.15, 0.2) is 0 Å². The zero-order valence-corrected chi connectivity index (χ0v) is 7.84. The summed E-state index contributed by atoms with van der Waals surface area (Å²) in [7, 11) is 1.72. The first-order valence-corrected chi connectivity index (χ1v) is 4.06. The molecule has 0 bridgehead atoms. The Hall–Kier alpha value is -1.29. The van der Waals surface area contributed by atoms with Gasteiger partial charge in [-0.25, -0.2) is 0 Å². The lowest BCUT2D eigenvalue weighted by molar-refractivity contribution is -0.106. The maximum atomic E-state index is 10.8. The molecule has 1 N–H and O–H groups in total. The number of rotatable bonds is 3. The highest BCUT2D eigenvalue weighted by atomic mass is 35.5. The minimum Gasteiger partial charge on any atom is -0.365 e. The van der Waals surface area contributed by atoms with Crippen LogP contribution in [0.1, 0.15) is 0 Å². The maximum Gasteiger partial charge on any atom is 0.249 e. The van der Waals surface area contributed by atoms with E-state index >= 15 is 0 Å². The van der Waals surface area contributed by atoms with Gasteiger partial charge in [-0.05, 0) is 0 Å². The van der Waals surface area contributed by atoms with E-state index in [0.717, 1.165) is 6.29 Å². The van der Waals surface area contributed by atoms with Crippen LogP contribution >= 0.6 is 11.6 Å². The summed E-state index contributed by atoms with van der Waals surface area (Å²) in [6.07, 6.45) is 2.25. The molecule has 5 heteroatoms. The summed E-state index contributed by atoms with van der Waals surface area (Å²) in [5.74, 6) is 0. The first-order chi connectivity index (χ1) is 6.15. The first kappa shape index (κ1) is 9.80. The number of aldehydes is 1. The van der Waals surface area contributed by atoms with Crippen LogP contribution in [0.15, 0.2) is 17.1 Å². The third kappa shape index (κ3) is 2.32. The summed E-state index contributed by atoms with van der Waals surface area (Å²) in [5.41, 5.74) is 0.376. The van der Waals surface area contributed by atoms with E-state index in [1.807, 2.05) is 0 Å². The van der Waals surface area contributed by atoms with Crippen molar-refractivity contribution >= 4 is 23.6 Å². The average molecular weight is 201 g/mol. The third-order valence-electron chi connectivity index (χ3n) is 1.61. The number of aromatic amines is 1. The van der Waals surface area contributed by atoms with Crippen LogP contribution in [0.25, 0.3) is 0 Å². The van der Waals surface area contributed by atoms with Gasteiger partial charge in [-0.15, -0.1) is 0 Å². The molecule has 0 aromatic carbocycles. The van der Waals surface area contributed by atoms with Gasteiger partial charge < -0.3 is 14.7 Å². The Labute approximate surface area is 80.1 Å². The first-order valence-electron chi connectivity index (χ1n) is 3.68. The van der Waals surface area contributed by atoms with Crippen LogP contribution in [0.5, 0.6) is 0 Å². The molecule has 0 unspecified atom stereocenters. The predicted octanol–water partition coefficient (Wildman–Crippen LogP) is 0.663. The molecular formula is C8H9ClN2O2. The van der Waals surface area contributed by atoms with Gasteiger partial charge in [0.1, 0.15) is 6.29 Å². The molecule has 0 saturated carbocycles. The van der Waals surface area contributed by atoms with E-state index in [-0.39, 0.29) is 12.1 Å². The minimum absolute atomic E-state index is 0.242. The highest BCUT2D eigenvalue weighted by Crippen LogP contribution is 2.20. The lowest BCUT2D eigenvalue weighted by Crippen LogP contribution is -2.21. The number of hydrogen-bond acceptors (Lipinski definition) is 3. The van der Waals surface area contributed by atoms with Crippen LogP contribution < -0.4 is 10.5 Å². The number of pyridine rings is 1. The second-order valence-corrected chi connectivity index (χ2v) is 2.98. The normalized spacial score (nSPS) is 9.69. The summed E-state index contributed by atoms with van der Waals surface area (Å²) in [6.45, 7) is 0.242. The highest BCUT2D eigenvalue weighted by molar-refractivity contribution is 6.33. The number of carbonyl (C=O) groups excluding carboxylic acids is 1. The number of likely N-dealkylation sites (N-methyl/N-ethyl adjacent to an activating group) is 1. The van der Waals surface area contributed by atoms with Crippen LogP contribution in [0.4, 0.5) is 5.69 Å². The second kappa shape index (κ2) is 4.09. The number of H-pyrrole nitrogens is 1. The fourth-order valence-corrected chi connectivity index (χ4v) is 1.24. The molecule has 1 rings (SSSR count). The van der Waals surface area contributed by atoms with Gasteiger partial charge in [-0.3, -0.25) is 4.79 Å². The lowest BCUT2D eigenvalue weighted by Gasteiger charge is -2.16. The average Bonchev–Trinajstić information content (AvgIpc) is 2.04. The molecule has 0 saturated heterocycles. The van der Waals surface area contributed by atoms with Crippen molar-refractivity contribution in [3.05, 3.63) is 27.6 Å². The highest BCUT2D eigenvalue weighted by Gasteiger charge is 2.05. The maximum absolute atomic E-state index is 10.8. The van der Waals surface area contributed by atoms with Crippen molar-refractivity contribution in [2.24, 2.45) is 0 Å². The Balaban J connectivity index is 3.00. The van der Waals surface area contributed by atoms with Crippen molar-refractivity contribution in [3.63, 3.8) is 0 Å². The summed E-state index contributed by atoms with van der Waals surface area (Å²) in [6, 6.07) is 1.28. The molecule has 1 aromatic heterocycles. The Morgan fingerprint density at radius 3 is 2.92 bits per heavy atom. The Kier molecular flexibility index (Phi) is 3.08. The molecule has 13 heavy (non-hydrogen) atoms. The monoisotopic (exact) mass is 200 g/mol. The third-order valence-corrected chi connectivity index (χ3v) is 1.92. The Morgan fingerprint density at radius 1 is 1.69 bits per heavy atom. The molecule has 0 fully saturated rings. The van der Waals surface area contributed by atoms with Crippen molar-refractivity contribution in [2.45, 2.75) is 0 Å². The molecule has 0 aliphatic carbocycles. The summed E-state index contributed by atoms with van der Waals surface area (Å²) < 4.78 is 0. The quantitative estimate of drug-likeness (QED) is 0.730. The number of anilines is 1. The fraction of sp³-hybridized carbons (Fsp3) is 0.250. The van der Waals surface area contributed by atoms with Gasteiger partial charge in [-0.2, -0.15) is 0 Å². The van der Waals surface area contributed by atoms with Crippen LogP contribution in [0.3, 0.4) is 0 Å². The molecule has 1 aromatic rings. The molecule has 0 amide bonds. The van der Waals surface area contributed by atoms with Crippen molar-refractivity contribution in [3.8, 4) is 0 Å². The molecule has 0 aliphatic rings. The zero-order valence-electron chi connectivity index (χ0n) is 7.08. The second-order valence-electron chi connectivity index (χ2n) is 2.58. The molecular weight excluding hydrogens is 192 g/mol. The SMILES string of the molecule is CN(CC=O)c1c[nH]c(=O)cc1Cl. The fourth-order valence-electron chi connectivity index (χ4n) is 0.942. The van der Waals surface area contributed by atoms with E-state index in [2.05, 4.69) is 4.98 Å². The summed E-state index contributed by atoms with van der Waals surface area (Å²) in [4.78, 5) is 25.1. The molecule has 0 spiro atoms.